The quantitative estimate of drug-likeness (QED) is 0.693. The average Bonchev–Trinajstić information content (AvgIpc) is 2.26. The lowest BCUT2D eigenvalue weighted by molar-refractivity contribution is -0.128. The fraction of sp³-hybridized carbons (Fsp3) is 0.929. The summed E-state index contributed by atoms with van der Waals surface area (Å²) in [5, 5.41) is 0. The lowest BCUT2D eigenvalue weighted by Crippen LogP contribution is -2.33. The molecule has 0 spiro atoms. The predicted octanol–water partition coefficient (Wildman–Crippen LogP) is 3.44. The van der Waals surface area contributed by atoms with Gasteiger partial charge in [-0.1, -0.05) is 26.7 Å². The third-order valence-electron chi connectivity index (χ3n) is 3.92. The fourth-order valence-corrected chi connectivity index (χ4v) is 3.11. The number of methoxy groups -OCH3 is 1. The Balaban J connectivity index is 2.59. The summed E-state index contributed by atoms with van der Waals surface area (Å²) < 4.78 is 5.16. The van der Waals surface area contributed by atoms with Crippen LogP contribution < -0.4 is 0 Å². The van der Waals surface area contributed by atoms with Crippen molar-refractivity contribution in [2.24, 2.45) is 17.8 Å². The van der Waals surface area contributed by atoms with E-state index in [1.54, 1.807) is 7.11 Å². The van der Waals surface area contributed by atoms with Crippen molar-refractivity contribution in [2.75, 3.05) is 13.7 Å². The molecule has 0 aromatic rings. The maximum absolute atomic E-state index is 12.1. The summed E-state index contributed by atoms with van der Waals surface area (Å²) in [6, 6.07) is 0. The van der Waals surface area contributed by atoms with E-state index in [2.05, 4.69) is 13.8 Å². The largest absolute Gasteiger partial charge is 0.385 e. The van der Waals surface area contributed by atoms with Crippen molar-refractivity contribution in [3.63, 3.8) is 0 Å². The van der Waals surface area contributed by atoms with E-state index in [0.29, 0.717) is 23.5 Å². The highest BCUT2D eigenvalue weighted by Crippen LogP contribution is 2.37. The normalized spacial score (nSPS) is 30.3. The van der Waals surface area contributed by atoms with Gasteiger partial charge in [-0.05, 0) is 31.1 Å². The van der Waals surface area contributed by atoms with Gasteiger partial charge < -0.3 is 4.74 Å². The molecule has 0 aromatic carbocycles. The number of carbonyl (C=O) groups is 1. The van der Waals surface area contributed by atoms with Crippen LogP contribution in [0.1, 0.15) is 52.4 Å². The van der Waals surface area contributed by atoms with Crippen molar-refractivity contribution in [3.8, 4) is 0 Å². The van der Waals surface area contributed by atoms with Gasteiger partial charge in [-0.25, -0.2) is 0 Å². The van der Waals surface area contributed by atoms with E-state index >= 15 is 0 Å². The molecule has 3 unspecified atom stereocenters. The molecule has 3 atom stereocenters. The topological polar surface area (TPSA) is 26.3 Å². The molecule has 1 aliphatic rings. The zero-order valence-corrected chi connectivity index (χ0v) is 11.0. The van der Waals surface area contributed by atoms with Crippen LogP contribution in [-0.2, 0) is 9.53 Å². The van der Waals surface area contributed by atoms with Gasteiger partial charge in [0, 0.05) is 26.1 Å². The molecule has 2 heteroatoms. The summed E-state index contributed by atoms with van der Waals surface area (Å²) in [6.45, 7) is 5.14. The minimum absolute atomic E-state index is 0.309. The van der Waals surface area contributed by atoms with Crippen LogP contribution in [-0.4, -0.2) is 19.5 Å². The number of hydrogen-bond donors (Lipinski definition) is 0. The van der Waals surface area contributed by atoms with Crippen LogP contribution in [0.4, 0.5) is 0 Å². The molecule has 2 nitrogen and oxygen atoms in total. The molecule has 1 fully saturated rings. The second-order valence-electron chi connectivity index (χ2n) is 5.19. The number of rotatable bonds is 6. The maximum Gasteiger partial charge on any atom is 0.136 e. The molecule has 1 aliphatic carbocycles. The molecule has 1 saturated carbocycles. The first-order chi connectivity index (χ1) is 7.70. The minimum atomic E-state index is 0.309. The first-order valence-corrected chi connectivity index (χ1v) is 6.72. The van der Waals surface area contributed by atoms with Crippen LogP contribution in [0.25, 0.3) is 0 Å². The molecule has 0 radical (unpaired) electrons. The minimum Gasteiger partial charge on any atom is -0.385 e. The maximum atomic E-state index is 12.1. The van der Waals surface area contributed by atoms with Gasteiger partial charge in [0.15, 0.2) is 0 Å². The summed E-state index contributed by atoms with van der Waals surface area (Å²) in [6.07, 6.45) is 6.53. The second kappa shape index (κ2) is 7.05. The summed E-state index contributed by atoms with van der Waals surface area (Å²) in [4.78, 5) is 12.1. The van der Waals surface area contributed by atoms with Gasteiger partial charge in [-0.2, -0.15) is 0 Å². The number of carbonyl (C=O) groups excluding carboxylic acids is 1. The van der Waals surface area contributed by atoms with Crippen LogP contribution in [0.5, 0.6) is 0 Å². The smallest absolute Gasteiger partial charge is 0.136 e. The fourth-order valence-electron chi connectivity index (χ4n) is 3.11. The summed E-state index contributed by atoms with van der Waals surface area (Å²) in [5.74, 6) is 1.96. The molecule has 0 bridgehead atoms. The summed E-state index contributed by atoms with van der Waals surface area (Å²) in [5.41, 5.74) is 0. The summed E-state index contributed by atoms with van der Waals surface area (Å²) >= 11 is 0. The zero-order valence-electron chi connectivity index (χ0n) is 11.0. The van der Waals surface area contributed by atoms with Crippen molar-refractivity contribution in [1.82, 2.24) is 0 Å². The Bertz CT molecular complexity index is 213. The Morgan fingerprint density at radius 1 is 1.38 bits per heavy atom. The van der Waals surface area contributed by atoms with E-state index in [1.807, 2.05) is 0 Å². The molecular weight excluding hydrogens is 200 g/mol. The van der Waals surface area contributed by atoms with Crippen molar-refractivity contribution in [2.45, 2.75) is 52.4 Å². The number of hydrogen-bond acceptors (Lipinski definition) is 2. The van der Waals surface area contributed by atoms with E-state index in [-0.39, 0.29) is 0 Å². The Kier molecular flexibility index (Phi) is 6.04. The predicted molar refractivity (Wildman–Crippen MR) is 66.4 cm³/mol. The Labute approximate surface area is 99.8 Å². The van der Waals surface area contributed by atoms with Gasteiger partial charge in [-0.3, -0.25) is 4.79 Å². The van der Waals surface area contributed by atoms with Crippen molar-refractivity contribution < 1.29 is 9.53 Å². The highest BCUT2D eigenvalue weighted by Gasteiger charge is 2.34. The van der Waals surface area contributed by atoms with Crippen molar-refractivity contribution in [3.05, 3.63) is 0 Å². The third-order valence-corrected chi connectivity index (χ3v) is 3.92. The van der Waals surface area contributed by atoms with E-state index in [1.165, 1.54) is 19.3 Å². The molecule has 0 aromatic heterocycles. The van der Waals surface area contributed by atoms with Crippen molar-refractivity contribution in [1.29, 1.82) is 0 Å². The molecule has 1 rings (SSSR count). The molecule has 0 heterocycles. The highest BCUT2D eigenvalue weighted by atomic mass is 16.5. The highest BCUT2D eigenvalue weighted by molar-refractivity contribution is 5.81. The van der Waals surface area contributed by atoms with E-state index in [9.17, 15) is 4.79 Å². The van der Waals surface area contributed by atoms with Crippen LogP contribution in [0, 0.1) is 17.8 Å². The monoisotopic (exact) mass is 226 g/mol. The molecule has 0 saturated heterocycles. The standard InChI is InChI=1S/C14H26O2/c1-4-6-13(15)14-11(2)7-5-8-12(14)9-10-16-3/h11-12,14H,4-10H2,1-3H3. The Morgan fingerprint density at radius 2 is 2.12 bits per heavy atom. The molecule has 0 amide bonds. The number of ketones is 1. The van der Waals surface area contributed by atoms with Gasteiger partial charge in [-0.15, -0.1) is 0 Å². The lowest BCUT2D eigenvalue weighted by Gasteiger charge is -2.35. The van der Waals surface area contributed by atoms with Crippen LogP contribution in [0.3, 0.4) is 0 Å². The molecule has 94 valence electrons. The number of ether oxygens (including phenoxy) is 1. The van der Waals surface area contributed by atoms with E-state index < -0.39 is 0 Å². The van der Waals surface area contributed by atoms with Gasteiger partial charge in [0.05, 0.1) is 0 Å². The molecule has 0 N–H and O–H groups in total. The molecule has 0 aliphatic heterocycles. The van der Waals surface area contributed by atoms with E-state index in [4.69, 9.17) is 4.74 Å². The van der Waals surface area contributed by atoms with Crippen molar-refractivity contribution >= 4 is 5.78 Å². The zero-order chi connectivity index (χ0) is 12.0. The molecular formula is C14H26O2. The van der Waals surface area contributed by atoms with E-state index in [0.717, 1.165) is 25.9 Å². The third kappa shape index (κ3) is 3.58. The van der Waals surface area contributed by atoms with Gasteiger partial charge in [0.2, 0.25) is 0 Å². The second-order valence-corrected chi connectivity index (χ2v) is 5.19. The summed E-state index contributed by atoms with van der Waals surface area (Å²) in [7, 11) is 1.75. The van der Waals surface area contributed by atoms with Crippen LogP contribution in [0.15, 0.2) is 0 Å². The first kappa shape index (κ1) is 13.7. The van der Waals surface area contributed by atoms with Crippen LogP contribution in [0.2, 0.25) is 0 Å². The van der Waals surface area contributed by atoms with Gasteiger partial charge in [0.25, 0.3) is 0 Å². The first-order valence-electron chi connectivity index (χ1n) is 6.72. The lowest BCUT2D eigenvalue weighted by atomic mass is 9.69. The van der Waals surface area contributed by atoms with Crippen LogP contribution >= 0.6 is 0 Å². The Hall–Kier alpha value is -0.370. The van der Waals surface area contributed by atoms with Gasteiger partial charge >= 0.3 is 0 Å². The number of Topliss-reactive ketones (excluding diaryl/α,β-unsaturated/α-hetero) is 1. The SMILES string of the molecule is CCCC(=O)C1C(C)CCCC1CCOC. The van der Waals surface area contributed by atoms with Gasteiger partial charge in [0.1, 0.15) is 5.78 Å². The average molecular weight is 226 g/mol. The Morgan fingerprint density at radius 3 is 2.75 bits per heavy atom. The molecule has 16 heavy (non-hydrogen) atoms.